The quantitative estimate of drug-likeness (QED) is 0.191. The summed E-state index contributed by atoms with van der Waals surface area (Å²) in [6.45, 7) is 7.66. The SMILES string of the molecule is [C-]#[N+]c1ccc2c(c1)c1cc(-c3ccc(-n4c5ccccc5c5ccccc54)cc3)ccc1n2-c1ccc2ccccc2c1. The summed E-state index contributed by atoms with van der Waals surface area (Å²) >= 11 is 0. The molecule has 9 aromatic rings. The van der Waals surface area contributed by atoms with Crippen LogP contribution in [-0.4, -0.2) is 9.13 Å². The van der Waals surface area contributed by atoms with Crippen molar-refractivity contribution in [3.63, 3.8) is 0 Å². The van der Waals surface area contributed by atoms with E-state index in [-0.39, 0.29) is 0 Å². The van der Waals surface area contributed by atoms with Crippen LogP contribution in [0.2, 0.25) is 0 Å². The molecule has 0 aliphatic heterocycles. The summed E-state index contributed by atoms with van der Waals surface area (Å²) in [7, 11) is 0. The highest BCUT2D eigenvalue weighted by molar-refractivity contribution is 6.12. The van der Waals surface area contributed by atoms with Crippen molar-refractivity contribution in [3.8, 4) is 22.5 Å². The van der Waals surface area contributed by atoms with Gasteiger partial charge >= 0.3 is 0 Å². The first kappa shape index (κ1) is 24.5. The number of hydrogen-bond acceptors (Lipinski definition) is 0. The van der Waals surface area contributed by atoms with E-state index in [9.17, 15) is 0 Å². The third-order valence-corrected chi connectivity index (χ3v) is 8.91. The number of benzene rings is 7. The van der Waals surface area contributed by atoms with E-state index in [1.807, 2.05) is 12.1 Å². The van der Waals surface area contributed by atoms with E-state index in [0.29, 0.717) is 5.69 Å². The van der Waals surface area contributed by atoms with Crippen molar-refractivity contribution in [2.24, 2.45) is 0 Å². The highest BCUT2D eigenvalue weighted by Gasteiger charge is 2.15. The molecule has 2 aromatic heterocycles. The maximum absolute atomic E-state index is 7.66. The van der Waals surface area contributed by atoms with Gasteiger partial charge in [0.15, 0.2) is 5.69 Å². The maximum Gasteiger partial charge on any atom is 0.188 e. The van der Waals surface area contributed by atoms with Crippen molar-refractivity contribution < 1.29 is 0 Å². The van der Waals surface area contributed by atoms with Gasteiger partial charge in [0.05, 0.1) is 28.6 Å². The van der Waals surface area contributed by atoms with Crippen molar-refractivity contribution in [1.29, 1.82) is 0 Å². The standard InChI is InChI=1S/C41H25N3/c1-42-31-18-23-41-37(26-31)36-25-30(17-22-40(36)44(41)33-21-16-27-8-2-3-9-29(27)24-33)28-14-19-32(20-15-28)43-38-12-6-4-10-34(38)35-11-5-7-13-39(35)43/h2-26H. The van der Waals surface area contributed by atoms with E-state index in [2.05, 4.69) is 154 Å². The Balaban J connectivity index is 1.20. The number of rotatable bonds is 3. The minimum atomic E-state index is 0.649. The molecule has 0 aliphatic carbocycles. The van der Waals surface area contributed by atoms with Gasteiger partial charge in [-0.1, -0.05) is 91.0 Å². The highest BCUT2D eigenvalue weighted by atomic mass is 15.0. The Morgan fingerprint density at radius 1 is 0.386 bits per heavy atom. The number of fused-ring (bicyclic) bond motifs is 7. The monoisotopic (exact) mass is 559 g/mol. The fourth-order valence-corrected chi connectivity index (χ4v) is 6.86. The first-order valence-corrected chi connectivity index (χ1v) is 14.8. The molecule has 0 N–H and O–H groups in total. The van der Waals surface area contributed by atoms with Crippen molar-refractivity contribution in [2.45, 2.75) is 0 Å². The number of nitrogens with zero attached hydrogens (tertiary/aromatic N) is 3. The molecule has 44 heavy (non-hydrogen) atoms. The topological polar surface area (TPSA) is 14.2 Å². The van der Waals surface area contributed by atoms with Crippen LogP contribution in [0.3, 0.4) is 0 Å². The number of para-hydroxylation sites is 2. The van der Waals surface area contributed by atoms with E-state index < -0.39 is 0 Å². The zero-order valence-electron chi connectivity index (χ0n) is 23.8. The molecule has 9 rings (SSSR count). The Morgan fingerprint density at radius 2 is 0.932 bits per heavy atom. The van der Waals surface area contributed by atoms with Gasteiger partial charge in [-0.15, -0.1) is 0 Å². The van der Waals surface area contributed by atoms with Crippen LogP contribution in [0.1, 0.15) is 0 Å². The van der Waals surface area contributed by atoms with E-state index in [1.165, 1.54) is 32.6 Å². The molecule has 7 aromatic carbocycles. The number of hydrogen-bond donors (Lipinski definition) is 0. The predicted molar refractivity (Wildman–Crippen MR) is 184 cm³/mol. The molecular weight excluding hydrogens is 534 g/mol. The van der Waals surface area contributed by atoms with E-state index in [0.717, 1.165) is 44.3 Å². The van der Waals surface area contributed by atoms with Crippen LogP contribution in [-0.2, 0) is 0 Å². The van der Waals surface area contributed by atoms with Crippen LogP contribution >= 0.6 is 0 Å². The second kappa shape index (κ2) is 9.46. The van der Waals surface area contributed by atoms with Crippen LogP contribution < -0.4 is 0 Å². The molecule has 0 amide bonds. The minimum absolute atomic E-state index is 0.649. The molecule has 0 fully saturated rings. The van der Waals surface area contributed by atoms with Crippen molar-refractivity contribution in [1.82, 2.24) is 9.13 Å². The van der Waals surface area contributed by atoms with Gasteiger partial charge in [-0.3, -0.25) is 0 Å². The van der Waals surface area contributed by atoms with Gasteiger partial charge in [-0.25, -0.2) is 4.85 Å². The second-order valence-corrected chi connectivity index (χ2v) is 11.3. The van der Waals surface area contributed by atoms with Gasteiger partial charge in [0.25, 0.3) is 0 Å². The van der Waals surface area contributed by atoms with Gasteiger partial charge in [0, 0.05) is 27.5 Å². The molecule has 0 spiro atoms. The fourth-order valence-electron chi connectivity index (χ4n) is 6.86. The average Bonchev–Trinajstić information content (AvgIpc) is 3.60. The maximum atomic E-state index is 7.66. The molecule has 0 bridgehead atoms. The van der Waals surface area contributed by atoms with Gasteiger partial charge in [0.2, 0.25) is 0 Å². The Morgan fingerprint density at radius 3 is 1.66 bits per heavy atom. The molecular formula is C41H25N3. The van der Waals surface area contributed by atoms with Crippen LogP contribution in [0.5, 0.6) is 0 Å². The largest absolute Gasteiger partial charge is 0.309 e. The zero-order valence-corrected chi connectivity index (χ0v) is 23.8. The molecule has 0 radical (unpaired) electrons. The van der Waals surface area contributed by atoms with Gasteiger partial charge < -0.3 is 9.13 Å². The summed E-state index contributed by atoms with van der Waals surface area (Å²) in [5, 5.41) is 7.18. The Hall–Kier alpha value is -6.11. The first-order valence-electron chi connectivity index (χ1n) is 14.8. The molecule has 0 unspecified atom stereocenters. The van der Waals surface area contributed by atoms with Crippen LogP contribution in [0.25, 0.3) is 81.7 Å². The van der Waals surface area contributed by atoms with Gasteiger partial charge in [-0.2, -0.15) is 0 Å². The second-order valence-electron chi connectivity index (χ2n) is 11.3. The summed E-state index contributed by atoms with van der Waals surface area (Å²) < 4.78 is 4.67. The third kappa shape index (κ3) is 3.62. The Labute approximate surface area is 254 Å². The summed E-state index contributed by atoms with van der Waals surface area (Å²) in [6.07, 6.45) is 0. The first-order chi connectivity index (χ1) is 21.8. The lowest BCUT2D eigenvalue weighted by molar-refractivity contribution is 1.18. The molecule has 3 nitrogen and oxygen atoms in total. The molecule has 0 atom stereocenters. The fraction of sp³-hybridized carbons (Fsp3) is 0. The Kier molecular flexibility index (Phi) is 5.26. The van der Waals surface area contributed by atoms with Crippen molar-refractivity contribution in [2.75, 3.05) is 0 Å². The van der Waals surface area contributed by atoms with Crippen LogP contribution in [0.4, 0.5) is 5.69 Å². The third-order valence-electron chi connectivity index (χ3n) is 8.91. The van der Waals surface area contributed by atoms with Crippen LogP contribution in [0, 0.1) is 6.57 Å². The summed E-state index contributed by atoms with van der Waals surface area (Å²) in [5.74, 6) is 0. The lowest BCUT2D eigenvalue weighted by atomic mass is 10.0. The predicted octanol–water partition coefficient (Wildman–Crippen LogP) is 11.3. The van der Waals surface area contributed by atoms with E-state index >= 15 is 0 Å². The van der Waals surface area contributed by atoms with Gasteiger partial charge in [-0.05, 0) is 87.9 Å². The van der Waals surface area contributed by atoms with E-state index in [1.54, 1.807) is 0 Å². The lowest BCUT2D eigenvalue weighted by Gasteiger charge is -2.11. The van der Waals surface area contributed by atoms with Crippen molar-refractivity contribution >= 4 is 60.1 Å². The molecule has 0 saturated heterocycles. The van der Waals surface area contributed by atoms with Crippen LogP contribution in [0.15, 0.2) is 152 Å². The number of aromatic nitrogens is 2. The molecule has 204 valence electrons. The van der Waals surface area contributed by atoms with E-state index in [4.69, 9.17) is 6.57 Å². The minimum Gasteiger partial charge on any atom is -0.309 e. The smallest absolute Gasteiger partial charge is 0.188 e. The molecule has 3 heteroatoms. The summed E-state index contributed by atoms with van der Waals surface area (Å²) in [6, 6.07) is 53.9. The Bertz CT molecular complexity index is 2560. The molecule has 2 heterocycles. The van der Waals surface area contributed by atoms with Crippen molar-refractivity contribution in [3.05, 3.63) is 163 Å². The molecule has 0 saturated carbocycles. The summed E-state index contributed by atoms with van der Waals surface area (Å²) in [4.78, 5) is 3.75. The normalized spacial score (nSPS) is 11.6. The molecule has 0 aliphatic rings. The summed E-state index contributed by atoms with van der Waals surface area (Å²) in [5.41, 5.74) is 9.85. The highest BCUT2D eigenvalue weighted by Crippen LogP contribution is 2.38. The average molecular weight is 560 g/mol. The zero-order chi connectivity index (χ0) is 29.2. The lowest BCUT2D eigenvalue weighted by Crippen LogP contribution is -1.94. The van der Waals surface area contributed by atoms with Gasteiger partial charge in [0.1, 0.15) is 0 Å².